The predicted octanol–water partition coefficient (Wildman–Crippen LogP) is 5.53. The zero-order valence-electron chi connectivity index (χ0n) is 20.6. The van der Waals surface area contributed by atoms with E-state index >= 15 is 0 Å². The smallest absolute Gasteiger partial charge is 0.339 e. The summed E-state index contributed by atoms with van der Waals surface area (Å²) < 4.78 is 12.6. The minimum atomic E-state index is -0.605. The summed E-state index contributed by atoms with van der Waals surface area (Å²) in [5.74, 6) is 0.832. The Labute approximate surface area is 219 Å². The largest absolute Gasteiger partial charge is 0.489 e. The van der Waals surface area contributed by atoms with Crippen molar-refractivity contribution in [2.24, 2.45) is 5.92 Å². The number of benzene rings is 2. The lowest BCUT2D eigenvalue weighted by atomic mass is 9.71. The molecule has 1 amide bonds. The Morgan fingerprint density at radius 1 is 1.19 bits per heavy atom. The number of hydrogen-bond acceptors (Lipinski definition) is 5. The number of nitrogens with zero attached hydrogens (tertiary/aromatic N) is 1. The molecule has 0 bridgehead atoms. The first-order chi connectivity index (χ1) is 17.3. The lowest BCUT2D eigenvalue weighted by molar-refractivity contribution is -0.143. The van der Waals surface area contributed by atoms with Gasteiger partial charge in [-0.3, -0.25) is 4.79 Å². The van der Waals surface area contributed by atoms with E-state index in [1.165, 1.54) is 0 Å². The summed E-state index contributed by atoms with van der Waals surface area (Å²) in [5, 5.41) is 11.7. The van der Waals surface area contributed by atoms with Gasteiger partial charge in [0, 0.05) is 46.9 Å². The van der Waals surface area contributed by atoms with Crippen LogP contribution in [0.1, 0.15) is 55.2 Å². The predicted molar refractivity (Wildman–Crippen MR) is 142 cm³/mol. The first-order valence-corrected chi connectivity index (χ1v) is 13.6. The van der Waals surface area contributed by atoms with Gasteiger partial charge in [0.15, 0.2) is 0 Å². The van der Waals surface area contributed by atoms with E-state index in [9.17, 15) is 14.7 Å². The van der Waals surface area contributed by atoms with E-state index in [4.69, 9.17) is 9.15 Å². The average Bonchev–Trinajstić information content (AvgIpc) is 2.87. The molecule has 1 aromatic heterocycles. The number of aliphatic hydroxyl groups is 1. The lowest BCUT2D eigenvalue weighted by Gasteiger charge is -2.47. The highest BCUT2D eigenvalue weighted by atomic mass is 79.9. The molecule has 36 heavy (non-hydrogen) atoms. The number of carbonyl (C=O) groups is 1. The molecule has 1 aliphatic heterocycles. The van der Waals surface area contributed by atoms with Crippen LogP contribution in [-0.2, 0) is 17.8 Å². The van der Waals surface area contributed by atoms with Crippen LogP contribution in [0.2, 0.25) is 0 Å². The Morgan fingerprint density at radius 2 is 2.00 bits per heavy atom. The van der Waals surface area contributed by atoms with E-state index in [0.717, 1.165) is 46.7 Å². The second-order valence-electron chi connectivity index (χ2n) is 10.2. The van der Waals surface area contributed by atoms with Crippen LogP contribution >= 0.6 is 15.9 Å². The SMILES string of the molecule is Cc1c(CCC(=O)N2CCC3(O)CCCCC3C2)c(=O)oc2cc(OCc3ccc(Br)cc3)ccc12. The molecule has 2 fully saturated rings. The number of piperidine rings is 1. The van der Waals surface area contributed by atoms with E-state index in [1.54, 1.807) is 6.07 Å². The van der Waals surface area contributed by atoms with Crippen molar-refractivity contribution in [2.75, 3.05) is 13.1 Å². The summed E-state index contributed by atoms with van der Waals surface area (Å²) in [5.41, 5.74) is 1.90. The van der Waals surface area contributed by atoms with Gasteiger partial charge < -0.3 is 19.2 Å². The Balaban J connectivity index is 1.25. The van der Waals surface area contributed by atoms with Gasteiger partial charge in [0.2, 0.25) is 5.91 Å². The maximum absolute atomic E-state index is 13.0. The van der Waals surface area contributed by atoms with E-state index in [2.05, 4.69) is 15.9 Å². The summed E-state index contributed by atoms with van der Waals surface area (Å²) in [6.07, 6.45) is 5.25. The fourth-order valence-corrected chi connectivity index (χ4v) is 5.95. The van der Waals surface area contributed by atoms with Gasteiger partial charge in [0.1, 0.15) is 17.9 Å². The summed E-state index contributed by atoms with van der Waals surface area (Å²) in [7, 11) is 0. The van der Waals surface area contributed by atoms with E-state index in [1.807, 2.05) is 48.2 Å². The molecule has 1 N–H and O–H groups in total. The van der Waals surface area contributed by atoms with Crippen molar-refractivity contribution in [1.29, 1.82) is 0 Å². The van der Waals surface area contributed by atoms with Crippen molar-refractivity contribution in [3.8, 4) is 5.75 Å². The minimum absolute atomic E-state index is 0.0400. The number of rotatable bonds is 6. The summed E-state index contributed by atoms with van der Waals surface area (Å²) in [6.45, 7) is 3.52. The maximum atomic E-state index is 13.0. The van der Waals surface area contributed by atoms with Crippen molar-refractivity contribution >= 4 is 32.8 Å². The number of amides is 1. The fourth-order valence-electron chi connectivity index (χ4n) is 5.69. The first kappa shape index (κ1) is 25.0. The highest BCUT2D eigenvalue weighted by molar-refractivity contribution is 9.10. The standard InChI is InChI=1S/C29H32BrNO5/c1-19-24-10-9-23(35-18-20-5-7-22(30)8-6-20)16-26(24)36-28(33)25(19)11-12-27(32)31-15-14-29(34)13-3-2-4-21(29)17-31/h5-10,16,21,34H,2-4,11-15,17-18H2,1H3. The number of aryl methyl sites for hydroxylation is 1. The molecule has 1 saturated carbocycles. The van der Waals surface area contributed by atoms with Gasteiger partial charge in [-0.05, 0) is 68.0 Å². The van der Waals surface area contributed by atoms with E-state index in [0.29, 0.717) is 49.4 Å². The van der Waals surface area contributed by atoms with Crippen molar-refractivity contribution in [1.82, 2.24) is 4.90 Å². The molecular formula is C29H32BrNO5. The highest BCUT2D eigenvalue weighted by Gasteiger charge is 2.43. The van der Waals surface area contributed by atoms with Crippen LogP contribution in [0.4, 0.5) is 0 Å². The van der Waals surface area contributed by atoms with Crippen LogP contribution in [0.3, 0.4) is 0 Å². The molecule has 1 saturated heterocycles. The minimum Gasteiger partial charge on any atom is -0.489 e. The molecule has 2 unspecified atom stereocenters. The molecule has 6 nitrogen and oxygen atoms in total. The third kappa shape index (κ3) is 5.23. The van der Waals surface area contributed by atoms with Crippen LogP contribution in [0.15, 0.2) is 56.1 Å². The number of likely N-dealkylation sites (tertiary alicyclic amines) is 1. The van der Waals surface area contributed by atoms with Crippen molar-refractivity contribution < 1.29 is 19.1 Å². The monoisotopic (exact) mass is 553 g/mol. The molecule has 3 aromatic rings. The molecule has 0 spiro atoms. The normalized spacial score (nSPS) is 21.9. The molecule has 2 aliphatic rings. The highest BCUT2D eigenvalue weighted by Crippen LogP contribution is 2.40. The van der Waals surface area contributed by atoms with Gasteiger partial charge in [-0.25, -0.2) is 4.79 Å². The van der Waals surface area contributed by atoms with Crippen molar-refractivity contribution in [3.63, 3.8) is 0 Å². The van der Waals surface area contributed by atoms with Crippen LogP contribution in [-0.4, -0.2) is 34.6 Å². The Bertz CT molecular complexity index is 1320. The Morgan fingerprint density at radius 3 is 2.81 bits per heavy atom. The lowest BCUT2D eigenvalue weighted by Crippen LogP contribution is -2.54. The molecule has 0 radical (unpaired) electrons. The zero-order chi connectivity index (χ0) is 25.3. The molecular weight excluding hydrogens is 522 g/mol. The fraction of sp³-hybridized carbons (Fsp3) is 0.448. The second kappa shape index (κ2) is 10.4. The second-order valence-corrected chi connectivity index (χ2v) is 11.1. The van der Waals surface area contributed by atoms with Crippen LogP contribution in [0.5, 0.6) is 5.75 Å². The summed E-state index contributed by atoms with van der Waals surface area (Å²) in [4.78, 5) is 27.7. The van der Waals surface area contributed by atoms with Crippen LogP contribution in [0, 0.1) is 12.8 Å². The molecule has 5 rings (SSSR count). The number of hydrogen-bond donors (Lipinski definition) is 1. The molecule has 2 atom stereocenters. The Kier molecular flexibility index (Phi) is 7.22. The third-order valence-electron chi connectivity index (χ3n) is 7.95. The van der Waals surface area contributed by atoms with E-state index < -0.39 is 11.2 Å². The van der Waals surface area contributed by atoms with Gasteiger partial charge in [-0.15, -0.1) is 0 Å². The van der Waals surface area contributed by atoms with Gasteiger partial charge >= 0.3 is 5.63 Å². The van der Waals surface area contributed by atoms with Crippen molar-refractivity contribution in [2.45, 2.75) is 64.1 Å². The Hall–Kier alpha value is -2.64. The van der Waals surface area contributed by atoms with Crippen molar-refractivity contribution in [3.05, 3.63) is 74.0 Å². The molecule has 2 heterocycles. The number of fused-ring (bicyclic) bond motifs is 2. The maximum Gasteiger partial charge on any atom is 0.339 e. The van der Waals surface area contributed by atoms with E-state index in [-0.39, 0.29) is 18.2 Å². The summed E-state index contributed by atoms with van der Waals surface area (Å²) >= 11 is 3.43. The van der Waals surface area contributed by atoms with Crippen LogP contribution in [0.25, 0.3) is 11.0 Å². The van der Waals surface area contributed by atoms with Gasteiger partial charge in [-0.2, -0.15) is 0 Å². The molecule has 2 aromatic carbocycles. The number of halogens is 1. The van der Waals surface area contributed by atoms with Gasteiger partial charge in [0.25, 0.3) is 0 Å². The molecule has 190 valence electrons. The van der Waals surface area contributed by atoms with Gasteiger partial charge in [0.05, 0.1) is 5.60 Å². The topological polar surface area (TPSA) is 80.0 Å². The average molecular weight is 554 g/mol. The van der Waals surface area contributed by atoms with Gasteiger partial charge in [-0.1, -0.05) is 40.9 Å². The first-order valence-electron chi connectivity index (χ1n) is 12.8. The molecule has 7 heteroatoms. The number of ether oxygens (including phenoxy) is 1. The third-order valence-corrected chi connectivity index (χ3v) is 8.48. The quantitative estimate of drug-likeness (QED) is 0.406. The summed E-state index contributed by atoms with van der Waals surface area (Å²) in [6, 6.07) is 13.4. The molecule has 1 aliphatic carbocycles. The zero-order valence-corrected chi connectivity index (χ0v) is 22.2. The number of carbonyl (C=O) groups excluding carboxylic acids is 1. The van der Waals surface area contributed by atoms with Crippen LogP contribution < -0.4 is 10.4 Å².